The van der Waals surface area contributed by atoms with Gasteiger partial charge >= 0.3 is 5.97 Å². The Morgan fingerprint density at radius 2 is 1.88 bits per heavy atom. The first-order valence-electron chi connectivity index (χ1n) is 5.72. The molecule has 0 saturated heterocycles. The molecule has 94 valence electrons. The van der Waals surface area contributed by atoms with E-state index in [2.05, 4.69) is 24.4 Å². The highest BCUT2D eigenvalue weighted by molar-refractivity contribution is 5.73. The summed E-state index contributed by atoms with van der Waals surface area (Å²) in [4.78, 5) is 10.6. The molecule has 0 radical (unpaired) electrons. The Balaban J connectivity index is 2.61. The first-order valence-corrected chi connectivity index (χ1v) is 5.72. The summed E-state index contributed by atoms with van der Waals surface area (Å²) < 4.78 is 0. The van der Waals surface area contributed by atoms with Crippen molar-refractivity contribution >= 4 is 11.7 Å². The number of carbonyl (C=O) groups is 1. The molecule has 0 heterocycles. The van der Waals surface area contributed by atoms with Crippen LogP contribution in [0.25, 0.3) is 0 Å². The van der Waals surface area contributed by atoms with E-state index >= 15 is 0 Å². The van der Waals surface area contributed by atoms with Crippen LogP contribution in [0, 0.1) is 20.8 Å². The smallest absolute Gasteiger partial charge is 0.320 e. The first kappa shape index (κ1) is 13.5. The number of nitrogens with two attached hydrogens (primary N) is 1. The number of carboxylic acid groups (broad SMARTS) is 1. The number of rotatable bonds is 5. The Hall–Kier alpha value is -1.55. The van der Waals surface area contributed by atoms with E-state index in [1.807, 2.05) is 13.8 Å². The highest BCUT2D eigenvalue weighted by atomic mass is 16.4. The van der Waals surface area contributed by atoms with Gasteiger partial charge < -0.3 is 16.2 Å². The normalized spacial score (nSPS) is 12.2. The van der Waals surface area contributed by atoms with E-state index in [4.69, 9.17) is 10.8 Å². The summed E-state index contributed by atoms with van der Waals surface area (Å²) in [6, 6.07) is 3.41. The van der Waals surface area contributed by atoms with Gasteiger partial charge in [0.1, 0.15) is 6.04 Å². The molecule has 1 atom stereocenters. The van der Waals surface area contributed by atoms with Crippen molar-refractivity contribution < 1.29 is 9.90 Å². The molecular weight excluding hydrogens is 216 g/mol. The van der Waals surface area contributed by atoms with Gasteiger partial charge in [-0.1, -0.05) is 17.7 Å². The SMILES string of the molecule is Cc1cc(C)c(NCCC(N)C(=O)O)c(C)c1. The van der Waals surface area contributed by atoms with E-state index < -0.39 is 12.0 Å². The molecule has 1 rings (SSSR count). The third-order valence-electron chi connectivity index (χ3n) is 2.75. The Bertz CT molecular complexity index is 393. The van der Waals surface area contributed by atoms with E-state index in [9.17, 15) is 4.79 Å². The summed E-state index contributed by atoms with van der Waals surface area (Å²) >= 11 is 0. The number of aryl methyl sites for hydroxylation is 3. The molecule has 1 aromatic rings. The van der Waals surface area contributed by atoms with Crippen molar-refractivity contribution in [3.05, 3.63) is 28.8 Å². The lowest BCUT2D eigenvalue weighted by molar-refractivity contribution is -0.138. The number of aliphatic carboxylic acids is 1. The van der Waals surface area contributed by atoms with Gasteiger partial charge in [0.15, 0.2) is 0 Å². The predicted molar refractivity (Wildman–Crippen MR) is 69.4 cm³/mol. The molecule has 0 spiro atoms. The van der Waals surface area contributed by atoms with Gasteiger partial charge in [-0.15, -0.1) is 0 Å². The lowest BCUT2D eigenvalue weighted by Crippen LogP contribution is -2.32. The maximum absolute atomic E-state index is 10.6. The fourth-order valence-corrected chi connectivity index (χ4v) is 1.94. The third-order valence-corrected chi connectivity index (χ3v) is 2.75. The zero-order chi connectivity index (χ0) is 13.0. The number of hydrogen-bond acceptors (Lipinski definition) is 3. The summed E-state index contributed by atoms with van der Waals surface area (Å²) in [5.41, 5.74) is 10.1. The molecule has 4 nitrogen and oxygen atoms in total. The van der Waals surface area contributed by atoms with E-state index in [1.54, 1.807) is 0 Å². The average molecular weight is 236 g/mol. The second-order valence-corrected chi connectivity index (χ2v) is 4.43. The maximum atomic E-state index is 10.6. The van der Waals surface area contributed by atoms with Gasteiger partial charge in [0, 0.05) is 12.2 Å². The summed E-state index contributed by atoms with van der Waals surface area (Å²) in [7, 11) is 0. The Morgan fingerprint density at radius 1 is 1.35 bits per heavy atom. The van der Waals surface area contributed by atoms with Gasteiger partial charge in [0.25, 0.3) is 0 Å². The fourth-order valence-electron chi connectivity index (χ4n) is 1.94. The summed E-state index contributed by atoms with van der Waals surface area (Å²) in [5, 5.41) is 11.9. The van der Waals surface area contributed by atoms with Crippen LogP contribution in [0.2, 0.25) is 0 Å². The van der Waals surface area contributed by atoms with Gasteiger partial charge in [-0.2, -0.15) is 0 Å². The van der Waals surface area contributed by atoms with Crippen LogP contribution in [-0.2, 0) is 4.79 Å². The lowest BCUT2D eigenvalue weighted by Gasteiger charge is -2.14. The second kappa shape index (κ2) is 5.68. The molecule has 0 saturated carbocycles. The Morgan fingerprint density at radius 3 is 2.35 bits per heavy atom. The molecule has 0 aliphatic heterocycles. The van der Waals surface area contributed by atoms with Crippen LogP contribution in [0.1, 0.15) is 23.1 Å². The van der Waals surface area contributed by atoms with Crippen molar-refractivity contribution in [1.82, 2.24) is 0 Å². The van der Waals surface area contributed by atoms with Crippen LogP contribution in [0.15, 0.2) is 12.1 Å². The van der Waals surface area contributed by atoms with Crippen molar-refractivity contribution in [2.45, 2.75) is 33.2 Å². The predicted octanol–water partition coefficient (Wildman–Crippen LogP) is 1.83. The molecule has 0 fully saturated rings. The average Bonchev–Trinajstić information content (AvgIpc) is 2.21. The second-order valence-electron chi connectivity index (χ2n) is 4.43. The minimum Gasteiger partial charge on any atom is -0.480 e. The quantitative estimate of drug-likeness (QED) is 0.729. The zero-order valence-electron chi connectivity index (χ0n) is 10.6. The van der Waals surface area contributed by atoms with Crippen molar-refractivity contribution in [2.24, 2.45) is 5.73 Å². The molecule has 0 aromatic heterocycles. The van der Waals surface area contributed by atoms with Crippen LogP contribution in [0.3, 0.4) is 0 Å². The number of carboxylic acids is 1. The van der Waals surface area contributed by atoms with E-state index in [-0.39, 0.29) is 0 Å². The van der Waals surface area contributed by atoms with E-state index in [0.717, 1.165) is 5.69 Å². The lowest BCUT2D eigenvalue weighted by atomic mass is 10.0. The van der Waals surface area contributed by atoms with Crippen molar-refractivity contribution in [3.8, 4) is 0 Å². The van der Waals surface area contributed by atoms with E-state index in [0.29, 0.717) is 13.0 Å². The van der Waals surface area contributed by atoms with Gasteiger partial charge in [0.2, 0.25) is 0 Å². The summed E-state index contributed by atoms with van der Waals surface area (Å²) in [6.07, 6.45) is 0.419. The molecule has 1 unspecified atom stereocenters. The Kier molecular flexibility index (Phi) is 4.52. The third kappa shape index (κ3) is 3.75. The molecule has 0 amide bonds. The highest BCUT2D eigenvalue weighted by Crippen LogP contribution is 2.21. The van der Waals surface area contributed by atoms with Gasteiger partial charge in [-0.3, -0.25) is 4.79 Å². The first-order chi connectivity index (χ1) is 7.91. The fraction of sp³-hybridized carbons (Fsp3) is 0.462. The number of hydrogen-bond donors (Lipinski definition) is 3. The van der Waals surface area contributed by atoms with Crippen molar-refractivity contribution in [3.63, 3.8) is 0 Å². The van der Waals surface area contributed by atoms with Crippen LogP contribution in [0.5, 0.6) is 0 Å². The molecule has 0 aliphatic carbocycles. The number of nitrogens with one attached hydrogen (secondary N) is 1. The number of anilines is 1. The number of benzene rings is 1. The van der Waals surface area contributed by atoms with Crippen molar-refractivity contribution in [1.29, 1.82) is 0 Å². The molecule has 4 N–H and O–H groups in total. The zero-order valence-corrected chi connectivity index (χ0v) is 10.6. The molecule has 0 bridgehead atoms. The van der Waals surface area contributed by atoms with Gasteiger partial charge in [-0.25, -0.2) is 0 Å². The van der Waals surface area contributed by atoms with Crippen LogP contribution in [-0.4, -0.2) is 23.7 Å². The Labute approximate surface area is 102 Å². The summed E-state index contributed by atoms with van der Waals surface area (Å²) in [6.45, 7) is 6.71. The topological polar surface area (TPSA) is 75.3 Å². The van der Waals surface area contributed by atoms with Gasteiger partial charge in [-0.05, 0) is 38.3 Å². The summed E-state index contributed by atoms with van der Waals surface area (Å²) in [5.74, 6) is -0.954. The van der Waals surface area contributed by atoms with Crippen LogP contribution in [0.4, 0.5) is 5.69 Å². The van der Waals surface area contributed by atoms with Crippen LogP contribution < -0.4 is 11.1 Å². The minimum atomic E-state index is -0.954. The standard InChI is InChI=1S/C13H20N2O2/c1-8-6-9(2)12(10(3)7-8)15-5-4-11(14)13(16)17/h6-7,11,15H,4-5,14H2,1-3H3,(H,16,17). The monoisotopic (exact) mass is 236 g/mol. The van der Waals surface area contributed by atoms with Gasteiger partial charge in [0.05, 0.1) is 0 Å². The van der Waals surface area contributed by atoms with Crippen molar-refractivity contribution in [2.75, 3.05) is 11.9 Å². The highest BCUT2D eigenvalue weighted by Gasteiger charge is 2.11. The van der Waals surface area contributed by atoms with Crippen LogP contribution >= 0.6 is 0 Å². The largest absolute Gasteiger partial charge is 0.480 e. The van der Waals surface area contributed by atoms with E-state index in [1.165, 1.54) is 16.7 Å². The molecular formula is C13H20N2O2. The minimum absolute atomic E-state index is 0.419. The molecule has 0 aliphatic rings. The molecule has 17 heavy (non-hydrogen) atoms. The molecule has 4 heteroatoms. The maximum Gasteiger partial charge on any atom is 0.320 e. The molecule has 1 aromatic carbocycles.